The molecule has 26 heavy (non-hydrogen) atoms. The molecule has 1 atom stereocenters. The number of morpholine rings is 1. The quantitative estimate of drug-likeness (QED) is 0.822. The molecule has 5 rings (SSSR count). The van der Waals surface area contributed by atoms with Gasteiger partial charge in [-0.3, -0.25) is 0 Å². The van der Waals surface area contributed by atoms with Crippen LogP contribution in [0.4, 0.5) is 5.82 Å². The molecular formula is C19H27N4O2S+. The van der Waals surface area contributed by atoms with Crippen molar-refractivity contribution in [3.05, 3.63) is 16.3 Å². The van der Waals surface area contributed by atoms with Crippen LogP contribution in [-0.4, -0.2) is 55.5 Å². The zero-order valence-corrected chi connectivity index (χ0v) is 16.0. The number of aryl methyl sites for hydroxylation is 2. The Hall–Kier alpha value is -1.28. The Bertz CT molecular complexity index is 781. The minimum absolute atomic E-state index is 0.319. The predicted molar refractivity (Wildman–Crippen MR) is 102 cm³/mol. The number of anilines is 1. The summed E-state index contributed by atoms with van der Waals surface area (Å²) >= 11 is 1.88. The second-order valence-corrected chi connectivity index (χ2v) is 8.66. The Labute approximate surface area is 157 Å². The number of ether oxygens (including phenoxy) is 2. The van der Waals surface area contributed by atoms with E-state index in [-0.39, 0.29) is 0 Å². The van der Waals surface area contributed by atoms with Crippen molar-refractivity contribution >= 4 is 27.4 Å². The number of hydrogen-bond donors (Lipinski definition) is 2. The molecule has 0 aromatic carbocycles. The number of aromatic nitrogens is 2. The molecule has 0 unspecified atom stereocenters. The third-order valence-electron chi connectivity index (χ3n) is 5.74. The third-order valence-corrected chi connectivity index (χ3v) is 6.93. The molecule has 7 heteroatoms. The van der Waals surface area contributed by atoms with Gasteiger partial charge in [0.1, 0.15) is 30.3 Å². The summed E-state index contributed by atoms with van der Waals surface area (Å²) < 4.78 is 11.3. The molecule has 3 aliphatic rings. The van der Waals surface area contributed by atoms with Crippen molar-refractivity contribution in [3.63, 3.8) is 0 Å². The van der Waals surface area contributed by atoms with Gasteiger partial charge in [0.2, 0.25) is 0 Å². The lowest BCUT2D eigenvalue weighted by Gasteiger charge is -2.23. The molecule has 0 spiro atoms. The first-order valence-electron chi connectivity index (χ1n) is 9.95. The monoisotopic (exact) mass is 375 g/mol. The summed E-state index contributed by atoms with van der Waals surface area (Å²) in [5.41, 5.74) is 1.49. The van der Waals surface area contributed by atoms with E-state index in [4.69, 9.17) is 19.4 Å². The molecule has 2 aromatic rings. The molecule has 2 fully saturated rings. The molecule has 0 saturated carbocycles. The van der Waals surface area contributed by atoms with Gasteiger partial charge >= 0.3 is 0 Å². The number of rotatable bonds is 5. The predicted octanol–water partition coefficient (Wildman–Crippen LogP) is 1.19. The van der Waals surface area contributed by atoms with E-state index in [1.54, 1.807) is 0 Å². The van der Waals surface area contributed by atoms with Gasteiger partial charge in [-0.25, -0.2) is 9.97 Å². The molecule has 2 aromatic heterocycles. The van der Waals surface area contributed by atoms with Crippen LogP contribution in [0.25, 0.3) is 10.2 Å². The Morgan fingerprint density at radius 1 is 1.12 bits per heavy atom. The normalized spacial score (nSPS) is 23.6. The van der Waals surface area contributed by atoms with E-state index in [2.05, 4.69) is 5.32 Å². The standard InChI is InChI=1S/C19H26N4O2S/c1-4-14-15(5-1)26-19-17(14)18(20-11-13-3-2-8-25-13)21-16(22-19)12-23-6-9-24-10-7-23/h13H,1-12H2,(H,20,21,22)/p+1/t13-/m1/s1. The van der Waals surface area contributed by atoms with Gasteiger partial charge in [-0.1, -0.05) is 0 Å². The first kappa shape index (κ1) is 16.9. The lowest BCUT2D eigenvalue weighted by atomic mass is 10.2. The topological polar surface area (TPSA) is 60.7 Å². The highest BCUT2D eigenvalue weighted by Gasteiger charge is 2.25. The number of nitrogens with zero attached hydrogens (tertiary/aromatic N) is 2. The summed E-state index contributed by atoms with van der Waals surface area (Å²) in [5, 5.41) is 4.90. The summed E-state index contributed by atoms with van der Waals surface area (Å²) in [6.45, 7) is 6.40. The number of thiophene rings is 1. The van der Waals surface area contributed by atoms with Crippen molar-refractivity contribution in [2.45, 2.75) is 44.8 Å². The second-order valence-electron chi connectivity index (χ2n) is 7.58. The number of quaternary nitrogens is 1. The molecular weight excluding hydrogens is 348 g/mol. The lowest BCUT2D eigenvalue weighted by Crippen LogP contribution is -3.12. The number of hydrogen-bond acceptors (Lipinski definition) is 6. The van der Waals surface area contributed by atoms with E-state index in [9.17, 15) is 0 Å². The third kappa shape index (κ3) is 3.33. The van der Waals surface area contributed by atoms with Gasteiger partial charge in [-0.2, -0.15) is 0 Å². The molecule has 1 aliphatic carbocycles. The van der Waals surface area contributed by atoms with Gasteiger partial charge in [-0.05, 0) is 37.7 Å². The Kier molecular flexibility index (Phi) is 4.79. The van der Waals surface area contributed by atoms with E-state index < -0.39 is 0 Å². The zero-order chi connectivity index (χ0) is 17.3. The Morgan fingerprint density at radius 3 is 2.88 bits per heavy atom. The van der Waals surface area contributed by atoms with Crippen LogP contribution in [0, 0.1) is 0 Å². The highest BCUT2D eigenvalue weighted by Crippen LogP contribution is 2.39. The second kappa shape index (κ2) is 7.38. The minimum Gasteiger partial charge on any atom is -0.376 e. The number of fused-ring (bicyclic) bond motifs is 3. The molecule has 0 radical (unpaired) electrons. The van der Waals surface area contributed by atoms with E-state index in [0.29, 0.717) is 6.10 Å². The smallest absolute Gasteiger partial charge is 0.187 e. The SMILES string of the molecule is C1Cc2sc3nc(C[NH+]4CCOCC4)nc(NC[C@H]4CCCO4)c3c2C1. The maximum absolute atomic E-state index is 5.79. The van der Waals surface area contributed by atoms with Gasteiger partial charge in [-0.15, -0.1) is 11.3 Å². The maximum Gasteiger partial charge on any atom is 0.187 e. The summed E-state index contributed by atoms with van der Waals surface area (Å²) in [4.78, 5) is 14.1. The van der Waals surface area contributed by atoms with Crippen molar-refractivity contribution in [1.82, 2.24) is 9.97 Å². The molecule has 4 heterocycles. The summed E-state index contributed by atoms with van der Waals surface area (Å²) in [6, 6.07) is 0. The lowest BCUT2D eigenvalue weighted by molar-refractivity contribution is -0.922. The minimum atomic E-state index is 0.319. The fraction of sp³-hybridized carbons (Fsp3) is 0.684. The maximum atomic E-state index is 5.79. The fourth-order valence-electron chi connectivity index (χ4n) is 4.32. The van der Waals surface area contributed by atoms with Crippen molar-refractivity contribution in [2.24, 2.45) is 0 Å². The van der Waals surface area contributed by atoms with Gasteiger partial charge in [0.05, 0.1) is 24.7 Å². The van der Waals surface area contributed by atoms with Gasteiger partial charge in [0.15, 0.2) is 5.82 Å². The van der Waals surface area contributed by atoms with Gasteiger partial charge in [0.25, 0.3) is 0 Å². The van der Waals surface area contributed by atoms with Crippen molar-refractivity contribution in [3.8, 4) is 0 Å². The van der Waals surface area contributed by atoms with Crippen molar-refractivity contribution < 1.29 is 14.4 Å². The van der Waals surface area contributed by atoms with Crippen LogP contribution in [-0.2, 0) is 28.9 Å². The van der Waals surface area contributed by atoms with Crippen LogP contribution >= 0.6 is 11.3 Å². The van der Waals surface area contributed by atoms with Crippen LogP contribution in [0.2, 0.25) is 0 Å². The zero-order valence-electron chi connectivity index (χ0n) is 15.2. The fourth-order valence-corrected chi connectivity index (χ4v) is 5.60. The van der Waals surface area contributed by atoms with E-state index in [1.807, 2.05) is 11.3 Å². The molecule has 2 saturated heterocycles. The van der Waals surface area contributed by atoms with Gasteiger partial charge in [0, 0.05) is 18.0 Å². The van der Waals surface area contributed by atoms with E-state index in [1.165, 1.54) is 51.2 Å². The molecule has 140 valence electrons. The highest BCUT2D eigenvalue weighted by atomic mass is 32.1. The first-order valence-corrected chi connectivity index (χ1v) is 10.8. The molecule has 2 N–H and O–H groups in total. The molecule has 0 amide bonds. The first-order chi connectivity index (χ1) is 12.9. The summed E-state index contributed by atoms with van der Waals surface area (Å²) in [7, 11) is 0. The van der Waals surface area contributed by atoms with Crippen LogP contribution in [0.3, 0.4) is 0 Å². The summed E-state index contributed by atoms with van der Waals surface area (Å²) in [6.07, 6.45) is 6.27. The molecule has 0 bridgehead atoms. The Balaban J connectivity index is 1.44. The average molecular weight is 376 g/mol. The van der Waals surface area contributed by atoms with E-state index >= 15 is 0 Å². The molecule has 6 nitrogen and oxygen atoms in total. The largest absolute Gasteiger partial charge is 0.376 e. The van der Waals surface area contributed by atoms with Crippen LogP contribution in [0.5, 0.6) is 0 Å². The highest BCUT2D eigenvalue weighted by molar-refractivity contribution is 7.19. The van der Waals surface area contributed by atoms with Crippen molar-refractivity contribution in [2.75, 3.05) is 44.8 Å². The summed E-state index contributed by atoms with van der Waals surface area (Å²) in [5.74, 6) is 2.00. The van der Waals surface area contributed by atoms with Gasteiger partial charge < -0.3 is 19.7 Å². The average Bonchev–Trinajstić information content (AvgIpc) is 3.37. The Morgan fingerprint density at radius 2 is 2.04 bits per heavy atom. The van der Waals surface area contributed by atoms with Crippen LogP contribution < -0.4 is 10.2 Å². The van der Waals surface area contributed by atoms with Crippen LogP contribution in [0.1, 0.15) is 35.5 Å². The van der Waals surface area contributed by atoms with Crippen LogP contribution in [0.15, 0.2) is 0 Å². The van der Waals surface area contributed by atoms with Crippen molar-refractivity contribution in [1.29, 1.82) is 0 Å². The van der Waals surface area contributed by atoms with E-state index in [0.717, 1.165) is 64.1 Å². The molecule has 2 aliphatic heterocycles. The number of nitrogens with one attached hydrogen (secondary N) is 2.